The Labute approximate surface area is 106 Å². The second-order valence-corrected chi connectivity index (χ2v) is 3.89. The molecule has 0 aliphatic rings. The van der Waals surface area contributed by atoms with Gasteiger partial charge in [-0.2, -0.15) is 0 Å². The topological polar surface area (TPSA) is 124 Å². The number of nitrogen functional groups attached to an aromatic ring is 1. The second-order valence-electron chi connectivity index (χ2n) is 3.89. The lowest BCUT2D eigenvalue weighted by Crippen LogP contribution is -2.28. The van der Waals surface area contributed by atoms with E-state index in [1.54, 1.807) is 0 Å². The molecule has 0 amide bonds. The first kappa shape index (κ1) is 12.6. The molecule has 1 aromatic heterocycles. The van der Waals surface area contributed by atoms with Crippen LogP contribution in [-0.4, -0.2) is 14.5 Å². The molecule has 0 radical (unpaired) electrons. The van der Waals surface area contributed by atoms with Crippen LogP contribution in [0.25, 0.3) is 0 Å². The summed E-state index contributed by atoms with van der Waals surface area (Å²) in [6.07, 6.45) is 1.35. The fraction of sp³-hybridized carbons (Fsp3) is 0.0909. The summed E-state index contributed by atoms with van der Waals surface area (Å²) in [5.74, 6) is 0. The molecular weight excluding hydrogens is 252 g/mol. The van der Waals surface area contributed by atoms with E-state index in [1.807, 2.05) is 0 Å². The van der Waals surface area contributed by atoms with Crippen molar-refractivity contribution in [2.24, 2.45) is 0 Å². The predicted molar refractivity (Wildman–Crippen MR) is 67.9 cm³/mol. The van der Waals surface area contributed by atoms with Gasteiger partial charge in [0, 0.05) is 18.3 Å². The number of nitrogens with one attached hydrogen (secondary N) is 1. The Morgan fingerprint density at radius 3 is 2.63 bits per heavy atom. The van der Waals surface area contributed by atoms with Crippen molar-refractivity contribution in [1.29, 1.82) is 0 Å². The Bertz CT molecular complexity index is 747. The third-order valence-electron chi connectivity index (χ3n) is 2.54. The fourth-order valence-corrected chi connectivity index (χ4v) is 1.63. The van der Waals surface area contributed by atoms with Crippen LogP contribution in [0, 0.1) is 10.1 Å². The summed E-state index contributed by atoms with van der Waals surface area (Å²) >= 11 is 0. The van der Waals surface area contributed by atoms with Crippen LogP contribution in [0.4, 0.5) is 11.4 Å². The highest BCUT2D eigenvalue weighted by molar-refractivity contribution is 5.59. The molecule has 1 heterocycles. The maximum Gasteiger partial charge on any atom is 0.328 e. The minimum absolute atomic E-state index is 0.0278. The highest BCUT2D eigenvalue weighted by Crippen LogP contribution is 2.22. The monoisotopic (exact) mass is 262 g/mol. The Hall–Kier alpha value is -2.90. The van der Waals surface area contributed by atoms with Crippen molar-refractivity contribution < 1.29 is 4.92 Å². The Kier molecular flexibility index (Phi) is 3.15. The molecule has 0 saturated heterocycles. The molecule has 0 atom stereocenters. The van der Waals surface area contributed by atoms with Gasteiger partial charge in [-0.15, -0.1) is 0 Å². The van der Waals surface area contributed by atoms with Crippen molar-refractivity contribution >= 4 is 11.4 Å². The molecule has 8 nitrogen and oxygen atoms in total. The number of nitro groups is 1. The van der Waals surface area contributed by atoms with Crippen LogP contribution in [0.1, 0.15) is 5.56 Å². The molecular formula is C11H10N4O4. The van der Waals surface area contributed by atoms with E-state index in [4.69, 9.17) is 5.73 Å². The van der Waals surface area contributed by atoms with Crippen molar-refractivity contribution in [2.45, 2.75) is 6.54 Å². The third kappa shape index (κ3) is 2.68. The summed E-state index contributed by atoms with van der Waals surface area (Å²) in [5, 5.41) is 10.6. The zero-order chi connectivity index (χ0) is 14.0. The number of aromatic nitrogens is 2. The number of hydrogen-bond acceptors (Lipinski definition) is 5. The average Bonchev–Trinajstić information content (AvgIpc) is 2.32. The highest BCUT2D eigenvalue weighted by atomic mass is 16.6. The second kappa shape index (κ2) is 4.77. The lowest BCUT2D eigenvalue weighted by Gasteiger charge is -2.05. The number of hydrogen-bond donors (Lipinski definition) is 2. The molecule has 1 aromatic carbocycles. The van der Waals surface area contributed by atoms with Crippen molar-refractivity contribution in [3.63, 3.8) is 0 Å². The molecule has 98 valence electrons. The first-order valence-electron chi connectivity index (χ1n) is 5.30. The van der Waals surface area contributed by atoms with Crippen LogP contribution in [0.3, 0.4) is 0 Å². The van der Waals surface area contributed by atoms with Gasteiger partial charge < -0.3 is 5.73 Å². The van der Waals surface area contributed by atoms with Gasteiger partial charge in [0.15, 0.2) is 0 Å². The summed E-state index contributed by atoms with van der Waals surface area (Å²) in [7, 11) is 0. The molecule has 0 aliphatic heterocycles. The average molecular weight is 262 g/mol. The molecule has 2 rings (SSSR count). The highest BCUT2D eigenvalue weighted by Gasteiger charge is 2.11. The van der Waals surface area contributed by atoms with Crippen molar-refractivity contribution in [3.8, 4) is 0 Å². The molecule has 2 aromatic rings. The summed E-state index contributed by atoms with van der Waals surface area (Å²) in [6.45, 7) is 0.164. The molecule has 0 fully saturated rings. The van der Waals surface area contributed by atoms with E-state index >= 15 is 0 Å². The minimum atomic E-state index is -0.578. The Morgan fingerprint density at radius 2 is 2.05 bits per heavy atom. The zero-order valence-corrected chi connectivity index (χ0v) is 9.70. The lowest BCUT2D eigenvalue weighted by molar-refractivity contribution is -0.383. The van der Waals surface area contributed by atoms with Gasteiger partial charge in [-0.1, -0.05) is 6.07 Å². The van der Waals surface area contributed by atoms with Gasteiger partial charge in [0.1, 0.15) is 5.69 Å². The molecule has 0 aliphatic carbocycles. The number of nitrogens with two attached hydrogens (primary N) is 1. The number of rotatable bonds is 3. The van der Waals surface area contributed by atoms with E-state index in [2.05, 4.69) is 4.98 Å². The largest absolute Gasteiger partial charge is 0.393 e. The van der Waals surface area contributed by atoms with Crippen LogP contribution in [-0.2, 0) is 6.54 Å². The van der Waals surface area contributed by atoms with Gasteiger partial charge in [0.05, 0.1) is 11.5 Å². The van der Waals surface area contributed by atoms with Crippen molar-refractivity contribution in [2.75, 3.05) is 5.73 Å². The number of aromatic amines is 1. The number of nitrogens with zero attached hydrogens (tertiary/aromatic N) is 2. The molecule has 8 heteroatoms. The molecule has 0 saturated carbocycles. The fourth-order valence-electron chi connectivity index (χ4n) is 1.63. The SMILES string of the molecule is Nc1cc(Cn2ccc(=O)[nH]c2=O)ccc1[N+](=O)[O-]. The van der Waals surface area contributed by atoms with Crippen LogP contribution < -0.4 is 17.0 Å². The van der Waals surface area contributed by atoms with Gasteiger partial charge in [-0.25, -0.2) is 4.79 Å². The molecule has 3 N–H and O–H groups in total. The van der Waals surface area contributed by atoms with Gasteiger partial charge in [0.25, 0.3) is 11.2 Å². The predicted octanol–water partition coefficient (Wildman–Crippen LogP) is 0.0753. The van der Waals surface area contributed by atoms with E-state index in [0.717, 1.165) is 0 Å². The maximum absolute atomic E-state index is 11.5. The number of H-pyrrole nitrogens is 1. The first-order chi connectivity index (χ1) is 8.97. The molecule has 0 unspecified atom stereocenters. The number of anilines is 1. The van der Waals surface area contributed by atoms with Crippen molar-refractivity contribution in [3.05, 3.63) is 67.0 Å². The van der Waals surface area contributed by atoms with Crippen LogP contribution in [0.15, 0.2) is 40.1 Å². The summed E-state index contributed by atoms with van der Waals surface area (Å²) in [5.41, 5.74) is 4.99. The van der Waals surface area contributed by atoms with Gasteiger partial charge >= 0.3 is 5.69 Å². The van der Waals surface area contributed by atoms with Crippen LogP contribution in [0.2, 0.25) is 0 Å². The number of nitro benzene ring substituents is 1. The quantitative estimate of drug-likeness (QED) is 0.460. The van der Waals surface area contributed by atoms with E-state index in [-0.39, 0.29) is 17.9 Å². The van der Waals surface area contributed by atoms with Gasteiger partial charge in [-0.05, 0) is 11.6 Å². The first-order valence-corrected chi connectivity index (χ1v) is 5.30. The molecule has 0 spiro atoms. The van der Waals surface area contributed by atoms with E-state index in [9.17, 15) is 19.7 Å². The van der Waals surface area contributed by atoms with Gasteiger partial charge in [-0.3, -0.25) is 24.5 Å². The smallest absolute Gasteiger partial charge is 0.328 e. The Morgan fingerprint density at radius 1 is 1.32 bits per heavy atom. The molecule has 19 heavy (non-hydrogen) atoms. The summed E-state index contributed by atoms with van der Waals surface area (Å²) in [6, 6.07) is 5.43. The normalized spacial score (nSPS) is 10.3. The van der Waals surface area contributed by atoms with E-state index in [0.29, 0.717) is 5.56 Å². The van der Waals surface area contributed by atoms with Crippen molar-refractivity contribution in [1.82, 2.24) is 9.55 Å². The lowest BCUT2D eigenvalue weighted by atomic mass is 10.1. The summed E-state index contributed by atoms with van der Waals surface area (Å²) < 4.78 is 1.27. The van der Waals surface area contributed by atoms with Crippen LogP contribution >= 0.6 is 0 Å². The number of benzene rings is 1. The van der Waals surface area contributed by atoms with E-state index < -0.39 is 16.2 Å². The van der Waals surface area contributed by atoms with Crippen LogP contribution in [0.5, 0.6) is 0 Å². The Balaban J connectivity index is 2.34. The standard InChI is InChI=1S/C11H10N4O4/c12-8-5-7(1-2-9(8)15(18)19)6-14-4-3-10(16)13-11(14)17/h1-5H,6,12H2,(H,13,16,17). The van der Waals surface area contributed by atoms with Gasteiger partial charge in [0.2, 0.25) is 0 Å². The third-order valence-corrected chi connectivity index (χ3v) is 2.54. The maximum atomic E-state index is 11.5. The zero-order valence-electron chi connectivity index (χ0n) is 9.70. The molecule has 0 bridgehead atoms. The summed E-state index contributed by atoms with van der Waals surface area (Å²) in [4.78, 5) is 34.5. The minimum Gasteiger partial charge on any atom is -0.393 e. The van der Waals surface area contributed by atoms with E-state index in [1.165, 1.54) is 35.0 Å².